The number of aliphatic hydroxyl groups excluding tert-OH is 1. The molecule has 2 aromatic heterocycles. The summed E-state index contributed by atoms with van der Waals surface area (Å²) in [6.45, 7) is 2.84. The van der Waals surface area contributed by atoms with E-state index in [9.17, 15) is 5.11 Å². The number of nitrogens with zero attached hydrogens (tertiary/aromatic N) is 2. The topological polar surface area (TPSA) is 38.0 Å². The third-order valence-corrected chi connectivity index (χ3v) is 3.86. The molecule has 2 heterocycles. The lowest BCUT2D eigenvalue weighted by molar-refractivity contribution is 0.283. The molecular formula is C14H14N2OS. The van der Waals surface area contributed by atoms with Crippen molar-refractivity contribution in [2.45, 2.75) is 20.1 Å². The average Bonchev–Trinajstić information content (AvgIpc) is 2.97. The molecule has 1 aromatic carbocycles. The van der Waals surface area contributed by atoms with Gasteiger partial charge in [-0.25, -0.2) is 4.98 Å². The maximum absolute atomic E-state index is 9.42. The summed E-state index contributed by atoms with van der Waals surface area (Å²) in [5.74, 6) is 0. The summed E-state index contributed by atoms with van der Waals surface area (Å²) in [5.41, 5.74) is 3.14. The Labute approximate surface area is 109 Å². The Morgan fingerprint density at radius 1 is 1.33 bits per heavy atom. The zero-order chi connectivity index (χ0) is 12.5. The van der Waals surface area contributed by atoms with E-state index in [0.29, 0.717) is 0 Å². The molecule has 0 fully saturated rings. The smallest absolute Gasteiger partial charge is 0.0898 e. The quantitative estimate of drug-likeness (QED) is 0.784. The number of aliphatic hydroxyl groups is 1. The summed E-state index contributed by atoms with van der Waals surface area (Å²) in [6, 6.07) is 8.08. The Morgan fingerprint density at radius 3 is 2.94 bits per heavy atom. The van der Waals surface area contributed by atoms with Crippen molar-refractivity contribution in [1.82, 2.24) is 9.55 Å². The van der Waals surface area contributed by atoms with E-state index in [1.165, 1.54) is 0 Å². The predicted octanol–water partition coefficient (Wildman–Crippen LogP) is 2.95. The lowest BCUT2D eigenvalue weighted by Crippen LogP contribution is -2.00. The minimum Gasteiger partial charge on any atom is -0.392 e. The van der Waals surface area contributed by atoms with Crippen molar-refractivity contribution >= 4 is 22.2 Å². The molecule has 0 amide bonds. The van der Waals surface area contributed by atoms with Crippen LogP contribution >= 0.6 is 11.3 Å². The number of rotatable bonds is 3. The molecule has 0 unspecified atom stereocenters. The fourth-order valence-corrected chi connectivity index (χ4v) is 2.86. The Morgan fingerprint density at radius 2 is 2.22 bits per heavy atom. The van der Waals surface area contributed by atoms with E-state index in [0.717, 1.165) is 33.7 Å². The first kappa shape index (κ1) is 11.4. The molecule has 0 spiro atoms. The van der Waals surface area contributed by atoms with Gasteiger partial charge in [0.05, 0.1) is 29.4 Å². The minimum atomic E-state index is 0.0669. The summed E-state index contributed by atoms with van der Waals surface area (Å²) >= 11 is 1.67. The van der Waals surface area contributed by atoms with E-state index >= 15 is 0 Å². The van der Waals surface area contributed by atoms with Gasteiger partial charge in [0, 0.05) is 17.1 Å². The summed E-state index contributed by atoms with van der Waals surface area (Å²) in [5, 5.41) is 13.8. The summed E-state index contributed by atoms with van der Waals surface area (Å²) in [4.78, 5) is 4.48. The number of hydrogen-bond donors (Lipinski definition) is 1. The zero-order valence-electron chi connectivity index (χ0n) is 10.1. The van der Waals surface area contributed by atoms with Crippen LogP contribution in [0.1, 0.15) is 16.3 Å². The van der Waals surface area contributed by atoms with Crippen LogP contribution in [0.2, 0.25) is 0 Å². The molecule has 0 aliphatic rings. The van der Waals surface area contributed by atoms with Crippen LogP contribution in [0.5, 0.6) is 0 Å². The SMILES string of the molecule is Cc1nc(Cn2ccc3cccc(CO)c32)cs1. The first-order valence-electron chi connectivity index (χ1n) is 5.86. The number of para-hydroxylation sites is 1. The number of hydrogen-bond acceptors (Lipinski definition) is 3. The van der Waals surface area contributed by atoms with Gasteiger partial charge in [0.1, 0.15) is 0 Å². The van der Waals surface area contributed by atoms with Crippen LogP contribution in [0.3, 0.4) is 0 Å². The van der Waals surface area contributed by atoms with Crippen molar-refractivity contribution in [2.24, 2.45) is 0 Å². The van der Waals surface area contributed by atoms with Gasteiger partial charge in [0.25, 0.3) is 0 Å². The molecule has 0 bridgehead atoms. The van der Waals surface area contributed by atoms with Crippen molar-refractivity contribution in [3.8, 4) is 0 Å². The molecule has 0 saturated heterocycles. The fraction of sp³-hybridized carbons (Fsp3) is 0.214. The van der Waals surface area contributed by atoms with Gasteiger partial charge in [0.2, 0.25) is 0 Å². The van der Waals surface area contributed by atoms with Crippen LogP contribution in [0.4, 0.5) is 0 Å². The van der Waals surface area contributed by atoms with Gasteiger partial charge in [-0.2, -0.15) is 0 Å². The van der Waals surface area contributed by atoms with Crippen molar-refractivity contribution in [2.75, 3.05) is 0 Å². The van der Waals surface area contributed by atoms with Gasteiger partial charge >= 0.3 is 0 Å². The number of thiazole rings is 1. The molecule has 0 aliphatic carbocycles. The second kappa shape index (κ2) is 4.55. The van der Waals surface area contributed by atoms with Crippen LogP contribution in [-0.2, 0) is 13.2 Å². The highest BCUT2D eigenvalue weighted by Gasteiger charge is 2.07. The number of aromatic nitrogens is 2. The minimum absolute atomic E-state index is 0.0669. The third kappa shape index (κ3) is 1.94. The molecule has 0 radical (unpaired) electrons. The van der Waals surface area contributed by atoms with Crippen LogP contribution in [0.25, 0.3) is 10.9 Å². The predicted molar refractivity (Wildman–Crippen MR) is 73.8 cm³/mol. The van der Waals surface area contributed by atoms with Crippen LogP contribution in [-0.4, -0.2) is 14.7 Å². The van der Waals surface area contributed by atoms with Gasteiger partial charge in [0.15, 0.2) is 0 Å². The van der Waals surface area contributed by atoms with Gasteiger partial charge in [-0.1, -0.05) is 18.2 Å². The summed E-state index contributed by atoms with van der Waals surface area (Å²) in [6.07, 6.45) is 2.05. The average molecular weight is 258 g/mol. The van der Waals surface area contributed by atoms with Crippen molar-refractivity contribution in [3.05, 3.63) is 52.1 Å². The highest BCUT2D eigenvalue weighted by molar-refractivity contribution is 7.09. The highest BCUT2D eigenvalue weighted by atomic mass is 32.1. The van der Waals surface area contributed by atoms with Crippen molar-refractivity contribution in [1.29, 1.82) is 0 Å². The van der Waals surface area contributed by atoms with Crippen molar-refractivity contribution in [3.63, 3.8) is 0 Å². The first-order valence-corrected chi connectivity index (χ1v) is 6.74. The largest absolute Gasteiger partial charge is 0.392 e. The van der Waals surface area contributed by atoms with Crippen LogP contribution in [0.15, 0.2) is 35.8 Å². The highest BCUT2D eigenvalue weighted by Crippen LogP contribution is 2.22. The number of fused-ring (bicyclic) bond motifs is 1. The molecule has 0 atom stereocenters. The summed E-state index contributed by atoms with van der Waals surface area (Å²) < 4.78 is 2.15. The number of benzene rings is 1. The standard InChI is InChI=1S/C14H14N2OS/c1-10-15-13(9-18-10)7-16-6-5-11-3-2-4-12(8-17)14(11)16/h2-6,9,17H,7-8H2,1H3. The number of aryl methyl sites for hydroxylation is 1. The summed E-state index contributed by atoms with van der Waals surface area (Å²) in [7, 11) is 0. The normalized spacial score (nSPS) is 11.2. The Bertz CT molecular complexity index is 684. The van der Waals surface area contributed by atoms with Gasteiger partial charge in [-0.3, -0.25) is 0 Å². The molecule has 3 nitrogen and oxygen atoms in total. The Kier molecular flexibility index (Phi) is 2.89. The molecule has 18 heavy (non-hydrogen) atoms. The first-order chi connectivity index (χ1) is 8.78. The Hall–Kier alpha value is -1.65. The molecule has 92 valence electrons. The monoisotopic (exact) mass is 258 g/mol. The van der Waals surface area contributed by atoms with E-state index in [2.05, 4.69) is 33.3 Å². The van der Waals surface area contributed by atoms with Gasteiger partial charge < -0.3 is 9.67 Å². The Balaban J connectivity index is 2.06. The molecular weight excluding hydrogens is 244 g/mol. The molecule has 4 heteroatoms. The second-order valence-corrected chi connectivity index (χ2v) is 5.38. The molecule has 3 aromatic rings. The molecule has 0 saturated carbocycles. The van der Waals surface area contributed by atoms with E-state index < -0.39 is 0 Å². The lowest BCUT2D eigenvalue weighted by atomic mass is 10.1. The van der Waals surface area contributed by atoms with E-state index in [4.69, 9.17) is 0 Å². The van der Waals surface area contributed by atoms with E-state index in [1.54, 1.807) is 11.3 Å². The van der Waals surface area contributed by atoms with Crippen molar-refractivity contribution < 1.29 is 5.11 Å². The van der Waals surface area contributed by atoms with E-state index in [-0.39, 0.29) is 6.61 Å². The lowest BCUT2D eigenvalue weighted by Gasteiger charge is -2.06. The second-order valence-electron chi connectivity index (χ2n) is 4.31. The maximum atomic E-state index is 9.42. The third-order valence-electron chi connectivity index (χ3n) is 3.04. The van der Waals surface area contributed by atoms with Crippen LogP contribution < -0.4 is 0 Å². The van der Waals surface area contributed by atoms with Gasteiger partial charge in [-0.15, -0.1) is 11.3 Å². The van der Waals surface area contributed by atoms with E-state index in [1.807, 2.05) is 19.1 Å². The van der Waals surface area contributed by atoms with Gasteiger partial charge in [-0.05, 0) is 18.4 Å². The molecule has 1 N–H and O–H groups in total. The zero-order valence-corrected chi connectivity index (χ0v) is 10.9. The fourth-order valence-electron chi connectivity index (χ4n) is 2.26. The van der Waals surface area contributed by atoms with Crippen LogP contribution in [0, 0.1) is 6.92 Å². The maximum Gasteiger partial charge on any atom is 0.0898 e. The molecule has 0 aliphatic heterocycles. The molecule has 3 rings (SSSR count).